The summed E-state index contributed by atoms with van der Waals surface area (Å²) in [6, 6.07) is 15.5. The second kappa shape index (κ2) is 6.79. The van der Waals surface area contributed by atoms with Crippen LogP contribution in [0.25, 0.3) is 10.2 Å². The lowest BCUT2D eigenvalue weighted by molar-refractivity contribution is -0.120. The summed E-state index contributed by atoms with van der Waals surface area (Å²) in [7, 11) is 1.95. The topological polar surface area (TPSA) is 43.6 Å². The van der Waals surface area contributed by atoms with Crippen molar-refractivity contribution < 1.29 is 9.53 Å². The van der Waals surface area contributed by atoms with E-state index in [4.69, 9.17) is 4.74 Å². The molecule has 23 heavy (non-hydrogen) atoms. The maximum atomic E-state index is 12.1. The molecule has 1 aromatic heterocycles. The number of nitrogens with zero attached hydrogens (tertiary/aromatic N) is 2. The fourth-order valence-corrected chi connectivity index (χ4v) is 3.56. The van der Waals surface area contributed by atoms with Crippen LogP contribution in [0.15, 0.2) is 53.5 Å². The molecule has 0 atom stereocenters. The van der Waals surface area contributed by atoms with Crippen molar-refractivity contribution in [3.05, 3.63) is 58.9 Å². The Balaban J connectivity index is 1.86. The lowest BCUT2D eigenvalue weighted by Gasteiger charge is -2.03. The van der Waals surface area contributed by atoms with Gasteiger partial charge in [-0.05, 0) is 30.2 Å². The van der Waals surface area contributed by atoms with E-state index < -0.39 is 0 Å². The highest BCUT2D eigenvalue weighted by atomic mass is 32.1. The second-order valence-electron chi connectivity index (χ2n) is 5.17. The van der Waals surface area contributed by atoms with Crippen LogP contribution in [0.1, 0.15) is 12.5 Å². The number of carbonyl (C=O) groups is 1. The van der Waals surface area contributed by atoms with Gasteiger partial charge < -0.3 is 9.30 Å². The molecule has 0 saturated heterocycles. The van der Waals surface area contributed by atoms with E-state index in [0.29, 0.717) is 10.6 Å². The number of para-hydroxylation sites is 2. The van der Waals surface area contributed by atoms with Crippen molar-refractivity contribution in [2.24, 2.45) is 12.0 Å². The van der Waals surface area contributed by atoms with Crippen LogP contribution in [0.3, 0.4) is 0 Å². The maximum absolute atomic E-state index is 12.1. The van der Waals surface area contributed by atoms with E-state index in [2.05, 4.69) is 24.0 Å². The molecule has 2 aromatic carbocycles. The Morgan fingerprint density at radius 2 is 1.96 bits per heavy atom. The quantitative estimate of drug-likeness (QED) is 0.738. The number of aromatic nitrogens is 1. The number of carbonyl (C=O) groups excluding carboxylic acids is 1. The Labute approximate surface area is 138 Å². The van der Waals surface area contributed by atoms with Crippen LogP contribution >= 0.6 is 11.3 Å². The number of aryl methyl sites for hydroxylation is 2. The molecule has 0 aliphatic carbocycles. The molecule has 1 amide bonds. The summed E-state index contributed by atoms with van der Waals surface area (Å²) in [5, 5.41) is 0. The normalized spacial score (nSPS) is 11.8. The van der Waals surface area contributed by atoms with Crippen LogP contribution in [0, 0.1) is 0 Å². The van der Waals surface area contributed by atoms with E-state index in [1.165, 1.54) is 16.9 Å². The zero-order chi connectivity index (χ0) is 16.2. The molecule has 3 rings (SSSR count). The average molecular weight is 326 g/mol. The number of ether oxygens (including phenoxy) is 1. The summed E-state index contributed by atoms with van der Waals surface area (Å²) in [6.45, 7) is 2.07. The van der Waals surface area contributed by atoms with Crippen LogP contribution in [0.5, 0.6) is 5.75 Å². The maximum Gasteiger partial charge on any atom is 0.286 e. The number of thiazole rings is 1. The number of hydrogen-bond donors (Lipinski definition) is 0. The zero-order valence-corrected chi connectivity index (χ0v) is 14.0. The first-order chi connectivity index (χ1) is 11.2. The van der Waals surface area contributed by atoms with E-state index in [9.17, 15) is 4.79 Å². The summed E-state index contributed by atoms with van der Waals surface area (Å²) >= 11 is 1.52. The van der Waals surface area contributed by atoms with E-state index in [0.717, 1.165) is 16.6 Å². The molecular weight excluding hydrogens is 308 g/mol. The van der Waals surface area contributed by atoms with Gasteiger partial charge in [0.15, 0.2) is 11.4 Å². The Hall–Kier alpha value is -2.40. The molecule has 1 heterocycles. The Kier molecular flexibility index (Phi) is 4.57. The lowest BCUT2D eigenvalue weighted by atomic mass is 10.1. The van der Waals surface area contributed by atoms with Crippen LogP contribution in [0.4, 0.5) is 0 Å². The van der Waals surface area contributed by atoms with Crippen molar-refractivity contribution in [3.8, 4) is 5.75 Å². The molecule has 0 fully saturated rings. The SMILES string of the molecule is CCc1cccc2sc(=NC(=O)COc3ccccc3)n(C)c12. The minimum Gasteiger partial charge on any atom is -0.484 e. The Morgan fingerprint density at radius 3 is 2.70 bits per heavy atom. The molecule has 0 bridgehead atoms. The molecule has 0 saturated carbocycles. The minimum absolute atomic E-state index is 0.0567. The molecule has 0 aliphatic rings. The van der Waals surface area contributed by atoms with Gasteiger partial charge in [-0.2, -0.15) is 4.99 Å². The smallest absolute Gasteiger partial charge is 0.286 e. The standard InChI is InChI=1S/C18H18N2O2S/c1-3-13-8-7-11-15-17(13)20(2)18(23-15)19-16(21)12-22-14-9-5-4-6-10-14/h4-11H,3,12H2,1-2H3. The summed E-state index contributed by atoms with van der Waals surface area (Å²) in [5.74, 6) is 0.388. The molecule has 4 nitrogen and oxygen atoms in total. The third-order valence-electron chi connectivity index (χ3n) is 3.61. The van der Waals surface area contributed by atoms with E-state index in [1.807, 2.05) is 48.0 Å². The van der Waals surface area contributed by atoms with Gasteiger partial charge in [-0.25, -0.2) is 0 Å². The van der Waals surface area contributed by atoms with Gasteiger partial charge in [0.2, 0.25) is 0 Å². The molecule has 3 aromatic rings. The predicted octanol–water partition coefficient (Wildman–Crippen LogP) is 3.31. The molecule has 0 radical (unpaired) electrons. The van der Waals surface area contributed by atoms with Crippen molar-refractivity contribution in [2.45, 2.75) is 13.3 Å². The third-order valence-corrected chi connectivity index (χ3v) is 4.71. The molecule has 0 spiro atoms. The molecule has 0 aliphatic heterocycles. The number of benzene rings is 2. The highest BCUT2D eigenvalue weighted by Gasteiger charge is 2.08. The van der Waals surface area contributed by atoms with Gasteiger partial charge in [0.05, 0.1) is 10.2 Å². The van der Waals surface area contributed by atoms with Gasteiger partial charge in [0.1, 0.15) is 5.75 Å². The van der Waals surface area contributed by atoms with Gasteiger partial charge in [-0.3, -0.25) is 4.79 Å². The number of rotatable bonds is 4. The largest absolute Gasteiger partial charge is 0.484 e. The predicted molar refractivity (Wildman–Crippen MR) is 92.7 cm³/mol. The zero-order valence-electron chi connectivity index (χ0n) is 13.2. The van der Waals surface area contributed by atoms with Crippen LogP contribution in [-0.4, -0.2) is 17.1 Å². The lowest BCUT2D eigenvalue weighted by Crippen LogP contribution is -2.17. The molecule has 0 unspecified atom stereocenters. The van der Waals surface area contributed by atoms with E-state index >= 15 is 0 Å². The average Bonchev–Trinajstić information content (AvgIpc) is 2.90. The monoisotopic (exact) mass is 326 g/mol. The summed E-state index contributed by atoms with van der Waals surface area (Å²) < 4.78 is 8.58. The molecule has 0 N–H and O–H groups in total. The van der Waals surface area contributed by atoms with Gasteiger partial charge in [-0.1, -0.05) is 48.6 Å². The minimum atomic E-state index is -0.283. The van der Waals surface area contributed by atoms with E-state index in [1.54, 1.807) is 0 Å². The first-order valence-corrected chi connectivity index (χ1v) is 8.33. The fourth-order valence-electron chi connectivity index (χ4n) is 2.48. The van der Waals surface area contributed by atoms with Gasteiger partial charge >= 0.3 is 0 Å². The number of hydrogen-bond acceptors (Lipinski definition) is 3. The molecular formula is C18H18N2O2S. The van der Waals surface area contributed by atoms with Crippen LogP contribution in [-0.2, 0) is 18.3 Å². The van der Waals surface area contributed by atoms with Crippen LogP contribution in [0.2, 0.25) is 0 Å². The summed E-state index contributed by atoms with van der Waals surface area (Å²) in [6.07, 6.45) is 0.951. The Morgan fingerprint density at radius 1 is 1.17 bits per heavy atom. The first kappa shape index (κ1) is 15.5. The van der Waals surface area contributed by atoms with Crippen molar-refractivity contribution in [3.63, 3.8) is 0 Å². The summed E-state index contributed by atoms with van der Waals surface area (Å²) in [5.41, 5.74) is 2.41. The summed E-state index contributed by atoms with van der Waals surface area (Å²) in [4.78, 5) is 17.0. The van der Waals surface area contributed by atoms with Gasteiger partial charge in [0, 0.05) is 7.05 Å². The van der Waals surface area contributed by atoms with Crippen molar-refractivity contribution in [1.29, 1.82) is 0 Å². The fraction of sp³-hybridized carbons (Fsp3) is 0.222. The number of fused-ring (bicyclic) bond motifs is 1. The molecule has 5 heteroatoms. The van der Waals surface area contributed by atoms with Crippen molar-refractivity contribution in [2.75, 3.05) is 6.61 Å². The highest BCUT2D eigenvalue weighted by molar-refractivity contribution is 7.16. The Bertz CT molecular complexity index is 894. The van der Waals surface area contributed by atoms with Crippen molar-refractivity contribution in [1.82, 2.24) is 4.57 Å². The molecule has 118 valence electrons. The van der Waals surface area contributed by atoms with Gasteiger partial charge in [0.25, 0.3) is 5.91 Å². The van der Waals surface area contributed by atoms with Gasteiger partial charge in [-0.15, -0.1) is 0 Å². The van der Waals surface area contributed by atoms with Crippen molar-refractivity contribution >= 4 is 27.5 Å². The third kappa shape index (κ3) is 3.35. The van der Waals surface area contributed by atoms with Crippen LogP contribution < -0.4 is 9.54 Å². The van der Waals surface area contributed by atoms with E-state index in [-0.39, 0.29) is 12.5 Å². The highest BCUT2D eigenvalue weighted by Crippen LogP contribution is 2.21. The number of amides is 1. The second-order valence-corrected chi connectivity index (χ2v) is 6.18. The first-order valence-electron chi connectivity index (χ1n) is 7.52.